The normalized spacial score (nSPS) is 13.8. The minimum absolute atomic E-state index is 0.0362. The largest absolute Gasteiger partial charge is 0.273 e. The molecule has 0 aliphatic heterocycles. The number of rotatable bonds is 7. The van der Waals surface area contributed by atoms with Crippen molar-refractivity contribution in [2.45, 2.75) is 13.3 Å². The van der Waals surface area contributed by atoms with E-state index in [1.165, 1.54) is 0 Å². The molecule has 7 heteroatoms. The van der Waals surface area contributed by atoms with Gasteiger partial charge in [0.2, 0.25) is 10.0 Å². The SMILES string of the molecule is CC(CCl)CS(=O)(=O)NCCc1ccnn1C. The van der Waals surface area contributed by atoms with Crippen LogP contribution in [-0.4, -0.2) is 36.4 Å². The van der Waals surface area contributed by atoms with Crippen LogP contribution in [0.25, 0.3) is 0 Å². The van der Waals surface area contributed by atoms with Gasteiger partial charge in [0, 0.05) is 37.8 Å². The molecule has 0 saturated heterocycles. The topological polar surface area (TPSA) is 64.0 Å². The molecule has 1 atom stereocenters. The van der Waals surface area contributed by atoms with Crippen molar-refractivity contribution < 1.29 is 8.42 Å². The Morgan fingerprint density at radius 2 is 2.29 bits per heavy atom. The first kappa shape index (κ1) is 14.5. The minimum atomic E-state index is -3.22. The van der Waals surface area contributed by atoms with Gasteiger partial charge in [0.1, 0.15) is 0 Å². The molecular formula is C10H18ClN3O2S. The fraction of sp³-hybridized carbons (Fsp3) is 0.700. The number of hydrogen-bond donors (Lipinski definition) is 1. The Hall–Kier alpha value is -0.590. The van der Waals surface area contributed by atoms with Gasteiger partial charge in [0.15, 0.2) is 0 Å². The zero-order valence-corrected chi connectivity index (χ0v) is 11.6. The molecule has 5 nitrogen and oxygen atoms in total. The van der Waals surface area contributed by atoms with E-state index >= 15 is 0 Å². The summed E-state index contributed by atoms with van der Waals surface area (Å²) in [5, 5.41) is 4.02. The van der Waals surface area contributed by atoms with Crippen LogP contribution in [0.2, 0.25) is 0 Å². The highest BCUT2D eigenvalue weighted by atomic mass is 35.5. The third-order valence-electron chi connectivity index (χ3n) is 2.39. The molecule has 1 aromatic rings. The molecule has 0 aliphatic rings. The van der Waals surface area contributed by atoms with Gasteiger partial charge in [-0.3, -0.25) is 4.68 Å². The Morgan fingerprint density at radius 1 is 1.59 bits per heavy atom. The smallest absolute Gasteiger partial charge is 0.211 e. The number of alkyl halides is 1. The van der Waals surface area contributed by atoms with Crippen LogP contribution in [0.15, 0.2) is 12.3 Å². The Bertz CT molecular complexity index is 444. The molecule has 1 rings (SSSR count). The van der Waals surface area contributed by atoms with E-state index in [9.17, 15) is 8.42 Å². The quantitative estimate of drug-likeness (QED) is 0.750. The molecular weight excluding hydrogens is 262 g/mol. The van der Waals surface area contributed by atoms with Gasteiger partial charge in [0.25, 0.3) is 0 Å². The Kier molecular flexibility index (Phi) is 5.42. The summed E-state index contributed by atoms with van der Waals surface area (Å²) in [5.74, 6) is 0.385. The second kappa shape index (κ2) is 6.37. The van der Waals surface area contributed by atoms with Gasteiger partial charge in [-0.2, -0.15) is 5.10 Å². The second-order valence-electron chi connectivity index (χ2n) is 4.13. The molecule has 0 radical (unpaired) electrons. The summed E-state index contributed by atoms with van der Waals surface area (Å²) >= 11 is 5.59. The van der Waals surface area contributed by atoms with Crippen LogP contribution in [0, 0.1) is 5.92 Å². The molecule has 1 aromatic heterocycles. The van der Waals surface area contributed by atoms with Crippen molar-refractivity contribution in [3.63, 3.8) is 0 Å². The minimum Gasteiger partial charge on any atom is -0.273 e. The Labute approximate surface area is 107 Å². The maximum Gasteiger partial charge on any atom is 0.211 e. The zero-order valence-electron chi connectivity index (χ0n) is 10.1. The van der Waals surface area contributed by atoms with E-state index in [-0.39, 0.29) is 11.7 Å². The number of nitrogens with zero attached hydrogens (tertiary/aromatic N) is 2. The van der Waals surface area contributed by atoms with Crippen molar-refractivity contribution in [2.75, 3.05) is 18.2 Å². The van der Waals surface area contributed by atoms with Crippen molar-refractivity contribution in [2.24, 2.45) is 13.0 Å². The van der Waals surface area contributed by atoms with Gasteiger partial charge in [-0.15, -0.1) is 11.6 Å². The highest BCUT2D eigenvalue weighted by Crippen LogP contribution is 2.02. The summed E-state index contributed by atoms with van der Waals surface area (Å²) in [6.45, 7) is 2.20. The maximum atomic E-state index is 11.6. The predicted molar refractivity (Wildman–Crippen MR) is 68.6 cm³/mol. The highest BCUT2D eigenvalue weighted by molar-refractivity contribution is 7.89. The Morgan fingerprint density at radius 3 is 2.82 bits per heavy atom. The number of sulfonamides is 1. The number of aryl methyl sites for hydroxylation is 1. The first-order valence-corrected chi connectivity index (χ1v) is 7.63. The summed E-state index contributed by atoms with van der Waals surface area (Å²) in [4.78, 5) is 0. The standard InChI is InChI=1S/C10H18ClN3O2S/c1-9(7-11)8-17(15,16)13-6-4-10-3-5-12-14(10)2/h3,5,9,13H,4,6-8H2,1-2H3. The molecule has 0 aromatic carbocycles. The van der Waals surface area contributed by atoms with Crippen molar-refractivity contribution in [3.05, 3.63) is 18.0 Å². The molecule has 0 spiro atoms. The molecule has 1 unspecified atom stereocenters. The lowest BCUT2D eigenvalue weighted by Crippen LogP contribution is -2.31. The van der Waals surface area contributed by atoms with Crippen LogP contribution in [-0.2, 0) is 23.5 Å². The first-order chi connectivity index (χ1) is 7.94. The van der Waals surface area contributed by atoms with Crippen LogP contribution in [0.3, 0.4) is 0 Å². The van der Waals surface area contributed by atoms with Crippen LogP contribution < -0.4 is 4.72 Å². The molecule has 1 N–H and O–H groups in total. The van der Waals surface area contributed by atoms with Crippen LogP contribution in [0.5, 0.6) is 0 Å². The second-order valence-corrected chi connectivity index (χ2v) is 6.29. The molecule has 1 heterocycles. The van der Waals surface area contributed by atoms with Crippen LogP contribution >= 0.6 is 11.6 Å². The summed E-state index contributed by atoms with van der Waals surface area (Å²) < 4.78 is 27.5. The third-order valence-corrected chi connectivity index (χ3v) is 4.57. The van der Waals surface area contributed by atoms with Gasteiger partial charge in [-0.05, 0) is 12.0 Å². The van der Waals surface area contributed by atoms with Crippen molar-refractivity contribution in [1.82, 2.24) is 14.5 Å². The average Bonchev–Trinajstić information content (AvgIpc) is 2.63. The van der Waals surface area contributed by atoms with E-state index in [4.69, 9.17) is 11.6 Å². The summed E-state index contributed by atoms with van der Waals surface area (Å²) in [7, 11) is -1.39. The third kappa shape index (κ3) is 5.06. The van der Waals surface area contributed by atoms with Crippen molar-refractivity contribution in [1.29, 1.82) is 0 Å². The highest BCUT2D eigenvalue weighted by Gasteiger charge is 2.14. The fourth-order valence-corrected chi connectivity index (χ4v) is 3.10. The van der Waals surface area contributed by atoms with E-state index in [1.807, 2.05) is 20.0 Å². The van der Waals surface area contributed by atoms with Gasteiger partial charge < -0.3 is 0 Å². The van der Waals surface area contributed by atoms with Gasteiger partial charge >= 0.3 is 0 Å². The summed E-state index contributed by atoms with van der Waals surface area (Å²) in [6, 6.07) is 1.87. The summed E-state index contributed by atoms with van der Waals surface area (Å²) in [5.41, 5.74) is 0.998. The number of aromatic nitrogens is 2. The predicted octanol–water partition coefficient (Wildman–Crippen LogP) is 0.757. The number of hydrogen-bond acceptors (Lipinski definition) is 3. The maximum absolute atomic E-state index is 11.6. The molecule has 17 heavy (non-hydrogen) atoms. The van der Waals surface area contributed by atoms with E-state index in [0.717, 1.165) is 5.69 Å². The van der Waals surface area contributed by atoms with E-state index in [0.29, 0.717) is 18.8 Å². The lowest BCUT2D eigenvalue weighted by atomic mass is 10.3. The van der Waals surface area contributed by atoms with Crippen LogP contribution in [0.1, 0.15) is 12.6 Å². The Balaban J connectivity index is 2.38. The fourth-order valence-electron chi connectivity index (χ4n) is 1.46. The first-order valence-electron chi connectivity index (χ1n) is 5.45. The number of halogens is 1. The molecule has 0 fully saturated rings. The van der Waals surface area contributed by atoms with E-state index < -0.39 is 10.0 Å². The van der Waals surface area contributed by atoms with Gasteiger partial charge in [-0.25, -0.2) is 13.1 Å². The lowest BCUT2D eigenvalue weighted by molar-refractivity contribution is 0.567. The van der Waals surface area contributed by atoms with Crippen molar-refractivity contribution >= 4 is 21.6 Å². The van der Waals surface area contributed by atoms with E-state index in [2.05, 4.69) is 9.82 Å². The monoisotopic (exact) mass is 279 g/mol. The molecule has 98 valence electrons. The molecule has 0 saturated carbocycles. The number of nitrogens with one attached hydrogen (secondary N) is 1. The van der Waals surface area contributed by atoms with E-state index in [1.54, 1.807) is 10.9 Å². The molecule has 0 aliphatic carbocycles. The average molecular weight is 280 g/mol. The molecule has 0 bridgehead atoms. The van der Waals surface area contributed by atoms with Gasteiger partial charge in [0.05, 0.1) is 5.75 Å². The zero-order chi connectivity index (χ0) is 12.9. The van der Waals surface area contributed by atoms with Crippen molar-refractivity contribution in [3.8, 4) is 0 Å². The van der Waals surface area contributed by atoms with Gasteiger partial charge in [-0.1, -0.05) is 6.92 Å². The molecule has 0 amide bonds. The lowest BCUT2D eigenvalue weighted by Gasteiger charge is -2.10. The summed E-state index contributed by atoms with van der Waals surface area (Å²) in [6.07, 6.45) is 2.32. The van der Waals surface area contributed by atoms with Crippen LogP contribution in [0.4, 0.5) is 0 Å².